The maximum absolute atomic E-state index is 13.4. The van der Waals surface area contributed by atoms with Gasteiger partial charge in [0.15, 0.2) is 0 Å². The first-order valence-corrected chi connectivity index (χ1v) is 7.07. The Hall–Kier alpha value is -2.94. The molecule has 0 unspecified atom stereocenters. The molecule has 24 heavy (non-hydrogen) atoms. The molecule has 0 saturated heterocycles. The molecule has 2 aromatic carbocycles. The van der Waals surface area contributed by atoms with Gasteiger partial charge in [0, 0.05) is 5.56 Å². The summed E-state index contributed by atoms with van der Waals surface area (Å²) >= 11 is 0. The number of carbonyl (C=O) groups is 1. The molecule has 0 fully saturated rings. The van der Waals surface area contributed by atoms with E-state index in [2.05, 4.69) is 17.2 Å². The highest BCUT2D eigenvalue weighted by Gasteiger charge is 2.12. The number of rotatable bonds is 4. The predicted octanol–water partition coefficient (Wildman–Crippen LogP) is 4.04. The maximum atomic E-state index is 13.4. The lowest BCUT2D eigenvalue weighted by atomic mass is 10.1. The average Bonchev–Trinajstić information content (AvgIpc) is 2.57. The number of carbonyl (C=O) groups excluding carboxylic acids is 1. The fourth-order valence-electron chi connectivity index (χ4n) is 1.82. The first kappa shape index (κ1) is 17.4. The lowest BCUT2D eigenvalue weighted by Gasteiger charge is -2.04. The van der Waals surface area contributed by atoms with Crippen LogP contribution in [-0.4, -0.2) is 12.6 Å². The largest absolute Gasteiger partial charge is 0.445 e. The minimum Gasteiger partial charge on any atom is -0.445 e. The number of hydrogen-bond donors (Lipinski definition) is 1. The Morgan fingerprint density at radius 1 is 1.17 bits per heavy atom. The molecule has 2 aromatic rings. The minimum atomic E-state index is -2.87. The molecular weight excluding hydrogens is 319 g/mol. The summed E-state index contributed by atoms with van der Waals surface area (Å²) in [6.45, 7) is 0.131. The Kier molecular flexibility index (Phi) is 6.26. The molecule has 0 spiro atoms. The highest BCUT2D eigenvalue weighted by Crippen LogP contribution is 2.22. The number of alkyl halides is 2. The summed E-state index contributed by atoms with van der Waals surface area (Å²) in [5.41, 5.74) is 0.438. The molecule has 0 aliphatic heterocycles. The minimum absolute atomic E-state index is 0.00809. The van der Waals surface area contributed by atoms with Gasteiger partial charge in [-0.05, 0) is 23.8 Å². The van der Waals surface area contributed by atoms with E-state index in [1.54, 1.807) is 0 Å². The molecule has 0 saturated carbocycles. The van der Waals surface area contributed by atoms with Crippen LogP contribution in [0.2, 0.25) is 0 Å². The van der Waals surface area contributed by atoms with Crippen LogP contribution in [0.3, 0.4) is 0 Å². The van der Waals surface area contributed by atoms with Crippen LogP contribution in [0.4, 0.5) is 18.0 Å². The van der Waals surface area contributed by atoms with Crippen molar-refractivity contribution in [1.82, 2.24) is 5.32 Å². The van der Waals surface area contributed by atoms with Crippen molar-refractivity contribution >= 4 is 6.09 Å². The second-order valence-corrected chi connectivity index (χ2v) is 4.75. The summed E-state index contributed by atoms with van der Waals surface area (Å²) in [6, 6.07) is 12.4. The van der Waals surface area contributed by atoms with Crippen molar-refractivity contribution in [3.63, 3.8) is 0 Å². The Balaban J connectivity index is 1.79. The van der Waals surface area contributed by atoms with E-state index in [0.29, 0.717) is 0 Å². The smallest absolute Gasteiger partial charge is 0.408 e. The van der Waals surface area contributed by atoms with E-state index < -0.39 is 23.9 Å². The first-order valence-electron chi connectivity index (χ1n) is 7.07. The van der Waals surface area contributed by atoms with Crippen molar-refractivity contribution in [2.24, 2.45) is 0 Å². The summed E-state index contributed by atoms with van der Waals surface area (Å²) in [5.74, 6) is 4.16. The fourth-order valence-corrected chi connectivity index (χ4v) is 1.82. The van der Waals surface area contributed by atoms with E-state index in [1.165, 1.54) is 6.07 Å². The van der Waals surface area contributed by atoms with Gasteiger partial charge in [0.05, 0.1) is 12.1 Å². The second kappa shape index (κ2) is 8.63. The number of ether oxygens (including phenoxy) is 1. The molecule has 3 nitrogen and oxygen atoms in total. The van der Waals surface area contributed by atoms with E-state index in [0.717, 1.165) is 17.7 Å². The molecule has 0 aliphatic carbocycles. The van der Waals surface area contributed by atoms with Crippen molar-refractivity contribution < 1.29 is 22.7 Å². The molecule has 0 heterocycles. The third kappa shape index (κ3) is 5.36. The van der Waals surface area contributed by atoms with Crippen molar-refractivity contribution in [2.45, 2.75) is 13.0 Å². The van der Waals surface area contributed by atoms with Gasteiger partial charge in [-0.2, -0.15) is 0 Å². The summed E-state index contributed by atoms with van der Waals surface area (Å²) in [7, 11) is 0. The van der Waals surface area contributed by atoms with Crippen molar-refractivity contribution in [2.75, 3.05) is 6.54 Å². The number of nitrogens with one attached hydrogen (secondary N) is 1. The van der Waals surface area contributed by atoms with E-state index in [9.17, 15) is 18.0 Å². The van der Waals surface area contributed by atoms with Gasteiger partial charge in [-0.1, -0.05) is 42.2 Å². The van der Waals surface area contributed by atoms with Crippen molar-refractivity contribution in [3.05, 3.63) is 71.0 Å². The normalized spacial score (nSPS) is 10.0. The van der Waals surface area contributed by atoms with Crippen LogP contribution in [0, 0.1) is 17.7 Å². The molecule has 124 valence electrons. The molecule has 1 amide bonds. The van der Waals surface area contributed by atoms with Crippen LogP contribution in [0.5, 0.6) is 0 Å². The molecule has 2 rings (SSSR count). The Morgan fingerprint density at radius 2 is 1.92 bits per heavy atom. The maximum Gasteiger partial charge on any atom is 0.408 e. The highest BCUT2D eigenvalue weighted by molar-refractivity contribution is 5.67. The van der Waals surface area contributed by atoms with Crippen LogP contribution in [-0.2, 0) is 11.3 Å². The fraction of sp³-hybridized carbons (Fsp3) is 0.167. The van der Waals surface area contributed by atoms with Crippen LogP contribution in [0.15, 0.2) is 48.5 Å². The quantitative estimate of drug-likeness (QED) is 0.858. The van der Waals surface area contributed by atoms with Crippen LogP contribution < -0.4 is 5.32 Å². The molecule has 6 heteroatoms. The van der Waals surface area contributed by atoms with Crippen LogP contribution >= 0.6 is 0 Å². The van der Waals surface area contributed by atoms with E-state index in [4.69, 9.17) is 4.74 Å². The lowest BCUT2D eigenvalue weighted by molar-refractivity contribution is 0.141. The molecule has 1 N–H and O–H groups in total. The van der Waals surface area contributed by atoms with Gasteiger partial charge < -0.3 is 10.1 Å². The summed E-state index contributed by atoms with van der Waals surface area (Å²) < 4.78 is 43.2. The van der Waals surface area contributed by atoms with Gasteiger partial charge in [-0.15, -0.1) is 0 Å². The number of alkyl carbamates (subject to hydrolysis) is 1. The summed E-state index contributed by atoms with van der Waals surface area (Å²) in [4.78, 5) is 11.5. The highest BCUT2D eigenvalue weighted by atomic mass is 19.3. The third-order valence-electron chi connectivity index (χ3n) is 3.00. The van der Waals surface area contributed by atoms with E-state index in [-0.39, 0.29) is 18.7 Å². The van der Waals surface area contributed by atoms with Crippen LogP contribution in [0.25, 0.3) is 0 Å². The third-order valence-corrected chi connectivity index (χ3v) is 3.00. The Morgan fingerprint density at radius 3 is 2.58 bits per heavy atom. The lowest BCUT2D eigenvalue weighted by Crippen LogP contribution is -2.24. The number of benzene rings is 2. The van der Waals surface area contributed by atoms with Gasteiger partial charge in [0.2, 0.25) is 0 Å². The molecule has 0 atom stereocenters. The molecule has 0 radical (unpaired) electrons. The zero-order valence-electron chi connectivity index (χ0n) is 12.6. The van der Waals surface area contributed by atoms with Gasteiger partial charge in [0.1, 0.15) is 12.4 Å². The summed E-state index contributed by atoms with van der Waals surface area (Å²) in [6.07, 6.45) is -3.50. The monoisotopic (exact) mass is 333 g/mol. The van der Waals surface area contributed by atoms with Gasteiger partial charge in [-0.3, -0.25) is 0 Å². The molecule has 0 aliphatic rings. The van der Waals surface area contributed by atoms with E-state index in [1.807, 2.05) is 30.3 Å². The van der Waals surface area contributed by atoms with Crippen molar-refractivity contribution in [1.29, 1.82) is 0 Å². The number of halogens is 3. The van der Waals surface area contributed by atoms with Crippen LogP contribution in [0.1, 0.15) is 23.1 Å². The first-order chi connectivity index (χ1) is 11.6. The second-order valence-electron chi connectivity index (χ2n) is 4.75. The van der Waals surface area contributed by atoms with Crippen molar-refractivity contribution in [3.8, 4) is 11.8 Å². The van der Waals surface area contributed by atoms with Gasteiger partial charge >= 0.3 is 6.09 Å². The molecule has 0 aromatic heterocycles. The van der Waals surface area contributed by atoms with Gasteiger partial charge in [-0.25, -0.2) is 18.0 Å². The summed E-state index contributed by atoms with van der Waals surface area (Å²) in [5, 5.41) is 2.42. The predicted molar refractivity (Wildman–Crippen MR) is 82.9 cm³/mol. The average molecular weight is 333 g/mol. The number of hydrogen-bond acceptors (Lipinski definition) is 2. The Bertz CT molecular complexity index is 752. The van der Waals surface area contributed by atoms with E-state index >= 15 is 0 Å². The standard InChI is InChI=1S/C18H14F3NO2/c19-16-11-13(8-9-15(16)17(20)21)7-4-10-22-18(23)24-12-14-5-2-1-3-6-14/h1-3,5-6,8-9,11,17H,10,12H2,(H,22,23). The molecule has 0 bridgehead atoms. The zero-order chi connectivity index (χ0) is 17.4. The SMILES string of the molecule is O=C(NCC#Cc1ccc(C(F)F)c(F)c1)OCc1ccccc1. The molecular formula is C18H14F3NO2. The Labute approximate surface area is 137 Å². The number of amides is 1. The zero-order valence-corrected chi connectivity index (χ0v) is 12.6. The topological polar surface area (TPSA) is 38.3 Å². The van der Waals surface area contributed by atoms with Gasteiger partial charge in [0.25, 0.3) is 6.43 Å².